The lowest BCUT2D eigenvalue weighted by atomic mass is 10.1. The fourth-order valence-corrected chi connectivity index (χ4v) is 2.13. The van der Waals surface area contributed by atoms with Crippen LogP contribution in [0.2, 0.25) is 0 Å². The van der Waals surface area contributed by atoms with Crippen LogP contribution in [0.25, 0.3) is 6.08 Å². The Hall–Kier alpha value is -2.88. The zero-order chi connectivity index (χ0) is 16.1. The van der Waals surface area contributed by atoms with E-state index in [9.17, 15) is 9.59 Å². The first-order chi connectivity index (χ1) is 10.5. The first-order valence-corrected chi connectivity index (χ1v) is 6.77. The van der Waals surface area contributed by atoms with E-state index in [0.29, 0.717) is 11.3 Å². The molecule has 0 bridgehead atoms. The molecule has 0 radical (unpaired) electrons. The lowest BCUT2D eigenvalue weighted by Crippen LogP contribution is -2.10. The van der Waals surface area contributed by atoms with Gasteiger partial charge in [0, 0.05) is 6.08 Å². The van der Waals surface area contributed by atoms with Crippen LogP contribution in [-0.2, 0) is 4.79 Å². The highest BCUT2D eigenvalue weighted by molar-refractivity contribution is 5.91. The molecule has 2 aromatic carbocycles. The van der Waals surface area contributed by atoms with E-state index in [4.69, 9.17) is 9.84 Å². The predicted molar refractivity (Wildman–Crippen MR) is 84.0 cm³/mol. The summed E-state index contributed by atoms with van der Waals surface area (Å²) < 4.78 is 5.46. The lowest BCUT2D eigenvalue weighted by Gasteiger charge is -2.11. The number of carboxylic acids is 1. The number of hydrogen-bond acceptors (Lipinski definition) is 3. The normalized spacial score (nSPS) is 10.6. The summed E-state index contributed by atoms with van der Waals surface area (Å²) in [7, 11) is 0. The van der Waals surface area contributed by atoms with Crippen molar-refractivity contribution in [1.29, 1.82) is 0 Å². The third-order valence-electron chi connectivity index (χ3n) is 3.11. The quantitative estimate of drug-likeness (QED) is 0.531. The van der Waals surface area contributed by atoms with Gasteiger partial charge in [0.05, 0.1) is 5.56 Å². The van der Waals surface area contributed by atoms with Gasteiger partial charge in [0.2, 0.25) is 0 Å². The Balaban J connectivity index is 2.25. The van der Waals surface area contributed by atoms with E-state index in [1.807, 2.05) is 19.9 Å². The van der Waals surface area contributed by atoms with Crippen molar-refractivity contribution in [3.05, 3.63) is 70.8 Å². The molecule has 0 atom stereocenters. The van der Waals surface area contributed by atoms with Crippen LogP contribution >= 0.6 is 0 Å². The monoisotopic (exact) mass is 296 g/mol. The van der Waals surface area contributed by atoms with Gasteiger partial charge in [-0.15, -0.1) is 0 Å². The topological polar surface area (TPSA) is 63.6 Å². The van der Waals surface area contributed by atoms with E-state index in [0.717, 1.165) is 22.8 Å². The van der Waals surface area contributed by atoms with Crippen molar-refractivity contribution < 1.29 is 19.4 Å². The van der Waals surface area contributed by atoms with E-state index in [1.165, 1.54) is 6.08 Å². The number of benzene rings is 2. The number of ether oxygens (including phenoxy) is 1. The molecule has 0 saturated heterocycles. The summed E-state index contributed by atoms with van der Waals surface area (Å²) in [6, 6.07) is 12.3. The molecular weight excluding hydrogens is 280 g/mol. The maximum Gasteiger partial charge on any atom is 0.343 e. The summed E-state index contributed by atoms with van der Waals surface area (Å²) in [6.45, 7) is 3.64. The number of hydrogen-bond donors (Lipinski definition) is 1. The number of esters is 1. The third kappa shape index (κ3) is 3.82. The van der Waals surface area contributed by atoms with Gasteiger partial charge < -0.3 is 9.84 Å². The fraction of sp³-hybridized carbons (Fsp3) is 0.111. The molecule has 2 aromatic rings. The summed E-state index contributed by atoms with van der Waals surface area (Å²) >= 11 is 0. The van der Waals surface area contributed by atoms with Gasteiger partial charge in [-0.2, -0.15) is 0 Å². The molecule has 1 N–H and O–H groups in total. The SMILES string of the molecule is Cc1cc(/C=C/C(=O)O)cc(C)c1OC(=O)c1ccccc1. The standard InChI is InChI=1S/C18H16O4/c1-12-10-14(8-9-16(19)20)11-13(2)17(12)22-18(21)15-6-4-3-5-7-15/h3-11H,1-2H3,(H,19,20)/b9-8+. The van der Waals surface area contributed by atoms with E-state index in [1.54, 1.807) is 36.4 Å². The molecule has 0 heterocycles. The number of aliphatic carboxylic acids is 1. The van der Waals surface area contributed by atoms with Crippen molar-refractivity contribution in [2.45, 2.75) is 13.8 Å². The lowest BCUT2D eigenvalue weighted by molar-refractivity contribution is -0.131. The summed E-state index contributed by atoms with van der Waals surface area (Å²) in [4.78, 5) is 22.7. The Bertz CT molecular complexity index is 707. The van der Waals surface area contributed by atoms with Crippen molar-refractivity contribution in [2.75, 3.05) is 0 Å². The van der Waals surface area contributed by atoms with E-state index in [2.05, 4.69) is 0 Å². The van der Waals surface area contributed by atoms with Crippen LogP contribution in [0, 0.1) is 13.8 Å². The third-order valence-corrected chi connectivity index (χ3v) is 3.11. The molecule has 2 rings (SSSR count). The van der Waals surface area contributed by atoms with Gasteiger partial charge in [-0.25, -0.2) is 9.59 Å². The predicted octanol–water partition coefficient (Wildman–Crippen LogP) is 3.62. The van der Waals surface area contributed by atoms with Crippen LogP contribution in [0.5, 0.6) is 5.75 Å². The molecule has 0 aliphatic carbocycles. The minimum atomic E-state index is -1.00. The minimum Gasteiger partial charge on any atom is -0.478 e. The smallest absolute Gasteiger partial charge is 0.343 e. The molecule has 0 saturated carbocycles. The summed E-state index contributed by atoms with van der Waals surface area (Å²) in [5.41, 5.74) is 2.77. The first kappa shape index (κ1) is 15.5. The van der Waals surface area contributed by atoms with Gasteiger partial charge in [0.1, 0.15) is 5.75 Å². The van der Waals surface area contributed by atoms with Crippen LogP contribution < -0.4 is 4.74 Å². The maximum atomic E-state index is 12.1. The van der Waals surface area contributed by atoms with Crippen LogP contribution in [0.15, 0.2) is 48.5 Å². The number of carbonyl (C=O) groups is 2. The van der Waals surface area contributed by atoms with Crippen molar-refractivity contribution in [2.24, 2.45) is 0 Å². The molecule has 112 valence electrons. The Morgan fingerprint density at radius 3 is 2.18 bits per heavy atom. The zero-order valence-electron chi connectivity index (χ0n) is 12.4. The highest BCUT2D eigenvalue weighted by Crippen LogP contribution is 2.26. The van der Waals surface area contributed by atoms with Crippen molar-refractivity contribution in [1.82, 2.24) is 0 Å². The highest BCUT2D eigenvalue weighted by atomic mass is 16.5. The van der Waals surface area contributed by atoms with Crippen LogP contribution in [0.1, 0.15) is 27.0 Å². The van der Waals surface area contributed by atoms with E-state index >= 15 is 0 Å². The van der Waals surface area contributed by atoms with Crippen LogP contribution in [0.3, 0.4) is 0 Å². The Kier molecular flexibility index (Phi) is 4.73. The second-order valence-corrected chi connectivity index (χ2v) is 4.91. The zero-order valence-corrected chi connectivity index (χ0v) is 12.4. The summed E-state index contributed by atoms with van der Waals surface area (Å²) in [6.07, 6.45) is 2.58. The molecular formula is C18H16O4. The van der Waals surface area contributed by atoms with Crippen molar-refractivity contribution in [3.63, 3.8) is 0 Å². The van der Waals surface area contributed by atoms with Gasteiger partial charge in [0.15, 0.2) is 0 Å². The Morgan fingerprint density at radius 2 is 1.64 bits per heavy atom. The molecule has 0 aliphatic rings. The summed E-state index contributed by atoms with van der Waals surface area (Å²) in [5.74, 6) is -0.920. The Morgan fingerprint density at radius 1 is 1.05 bits per heavy atom. The first-order valence-electron chi connectivity index (χ1n) is 6.77. The van der Waals surface area contributed by atoms with Gasteiger partial charge in [-0.3, -0.25) is 0 Å². The Labute approximate surface area is 128 Å². The molecule has 0 spiro atoms. The molecule has 0 aromatic heterocycles. The second kappa shape index (κ2) is 6.72. The summed E-state index contributed by atoms with van der Waals surface area (Å²) in [5, 5.41) is 8.66. The molecule has 0 amide bonds. The molecule has 4 nitrogen and oxygen atoms in total. The van der Waals surface area contributed by atoms with E-state index < -0.39 is 11.9 Å². The van der Waals surface area contributed by atoms with Gasteiger partial charge in [0.25, 0.3) is 0 Å². The highest BCUT2D eigenvalue weighted by Gasteiger charge is 2.12. The number of carboxylic acid groups (broad SMARTS) is 1. The average molecular weight is 296 g/mol. The second-order valence-electron chi connectivity index (χ2n) is 4.91. The maximum absolute atomic E-state index is 12.1. The van der Waals surface area contributed by atoms with Crippen molar-refractivity contribution in [3.8, 4) is 5.75 Å². The molecule has 0 unspecified atom stereocenters. The molecule has 0 fully saturated rings. The fourth-order valence-electron chi connectivity index (χ4n) is 2.13. The largest absolute Gasteiger partial charge is 0.478 e. The van der Waals surface area contributed by atoms with Gasteiger partial charge >= 0.3 is 11.9 Å². The van der Waals surface area contributed by atoms with Crippen molar-refractivity contribution >= 4 is 18.0 Å². The number of carbonyl (C=O) groups excluding carboxylic acids is 1. The van der Waals surface area contributed by atoms with Gasteiger partial charge in [-0.05, 0) is 60.9 Å². The van der Waals surface area contributed by atoms with Gasteiger partial charge in [-0.1, -0.05) is 18.2 Å². The van der Waals surface area contributed by atoms with E-state index in [-0.39, 0.29) is 0 Å². The molecule has 0 aliphatic heterocycles. The minimum absolute atomic E-state index is 0.416. The molecule has 4 heteroatoms. The number of rotatable bonds is 4. The number of aryl methyl sites for hydroxylation is 2. The van der Waals surface area contributed by atoms with Crippen LogP contribution in [-0.4, -0.2) is 17.0 Å². The average Bonchev–Trinajstić information content (AvgIpc) is 2.49. The molecule has 22 heavy (non-hydrogen) atoms. The van der Waals surface area contributed by atoms with Crippen LogP contribution in [0.4, 0.5) is 0 Å².